The SMILES string of the molecule is CNCC1OCCN(C)C1c1cccc(OC)n1. The summed E-state index contributed by atoms with van der Waals surface area (Å²) in [5.41, 5.74) is 0.997. The number of nitrogens with one attached hydrogen (secondary N) is 1. The van der Waals surface area contributed by atoms with Crippen molar-refractivity contribution in [3.8, 4) is 5.88 Å². The molecule has 2 heterocycles. The van der Waals surface area contributed by atoms with E-state index in [0.29, 0.717) is 5.88 Å². The van der Waals surface area contributed by atoms with Gasteiger partial charge in [0, 0.05) is 19.2 Å². The van der Waals surface area contributed by atoms with Crippen LogP contribution in [0.4, 0.5) is 0 Å². The zero-order chi connectivity index (χ0) is 13.0. The van der Waals surface area contributed by atoms with E-state index >= 15 is 0 Å². The molecule has 0 aliphatic carbocycles. The van der Waals surface area contributed by atoms with Gasteiger partial charge in [0.05, 0.1) is 31.6 Å². The van der Waals surface area contributed by atoms with E-state index in [0.717, 1.165) is 25.4 Å². The smallest absolute Gasteiger partial charge is 0.213 e. The van der Waals surface area contributed by atoms with Crippen LogP contribution in [0.15, 0.2) is 18.2 Å². The summed E-state index contributed by atoms with van der Waals surface area (Å²) in [7, 11) is 5.68. The van der Waals surface area contributed by atoms with E-state index in [1.165, 1.54) is 0 Å². The van der Waals surface area contributed by atoms with Gasteiger partial charge in [0.15, 0.2) is 0 Å². The summed E-state index contributed by atoms with van der Waals surface area (Å²) in [4.78, 5) is 6.81. The summed E-state index contributed by atoms with van der Waals surface area (Å²) in [6.07, 6.45) is 0.119. The average Bonchev–Trinajstić information content (AvgIpc) is 2.39. The molecule has 0 aromatic carbocycles. The monoisotopic (exact) mass is 251 g/mol. The van der Waals surface area contributed by atoms with Crippen LogP contribution in [0, 0.1) is 0 Å². The van der Waals surface area contributed by atoms with Crippen molar-refractivity contribution in [2.24, 2.45) is 0 Å². The number of likely N-dealkylation sites (N-methyl/N-ethyl adjacent to an activating group) is 2. The number of hydrogen-bond donors (Lipinski definition) is 1. The predicted molar refractivity (Wildman–Crippen MR) is 69.8 cm³/mol. The summed E-state index contributed by atoms with van der Waals surface area (Å²) < 4.78 is 11.0. The van der Waals surface area contributed by atoms with Crippen LogP contribution < -0.4 is 10.1 Å². The molecule has 1 aromatic rings. The van der Waals surface area contributed by atoms with Gasteiger partial charge in [-0.15, -0.1) is 0 Å². The molecule has 18 heavy (non-hydrogen) atoms. The molecular weight excluding hydrogens is 230 g/mol. The molecule has 0 saturated carbocycles. The maximum absolute atomic E-state index is 5.84. The topological polar surface area (TPSA) is 46.6 Å². The number of aromatic nitrogens is 1. The number of ether oxygens (including phenoxy) is 2. The van der Waals surface area contributed by atoms with Crippen LogP contribution in [-0.4, -0.2) is 56.9 Å². The lowest BCUT2D eigenvalue weighted by molar-refractivity contribution is -0.0620. The highest BCUT2D eigenvalue weighted by Gasteiger charge is 2.32. The van der Waals surface area contributed by atoms with Crippen LogP contribution in [-0.2, 0) is 4.74 Å². The van der Waals surface area contributed by atoms with Gasteiger partial charge in [-0.3, -0.25) is 4.90 Å². The number of nitrogens with zero attached hydrogens (tertiary/aromatic N) is 2. The molecule has 1 aliphatic rings. The molecule has 0 bridgehead atoms. The molecule has 5 nitrogen and oxygen atoms in total. The van der Waals surface area contributed by atoms with Crippen LogP contribution in [0.5, 0.6) is 5.88 Å². The zero-order valence-electron chi connectivity index (χ0n) is 11.2. The van der Waals surface area contributed by atoms with E-state index in [2.05, 4.69) is 22.2 Å². The van der Waals surface area contributed by atoms with Crippen molar-refractivity contribution in [1.29, 1.82) is 0 Å². The van der Waals surface area contributed by atoms with Gasteiger partial charge in [-0.1, -0.05) is 6.07 Å². The third kappa shape index (κ3) is 2.80. The fraction of sp³-hybridized carbons (Fsp3) is 0.615. The summed E-state index contributed by atoms with van der Waals surface area (Å²) in [5, 5.41) is 3.18. The molecule has 2 atom stereocenters. The van der Waals surface area contributed by atoms with E-state index in [1.807, 2.05) is 25.2 Å². The minimum absolute atomic E-state index is 0.119. The molecule has 1 fully saturated rings. The molecule has 0 radical (unpaired) electrons. The van der Waals surface area contributed by atoms with Crippen LogP contribution >= 0.6 is 0 Å². The molecule has 1 aliphatic heterocycles. The highest BCUT2D eigenvalue weighted by molar-refractivity contribution is 5.19. The van der Waals surface area contributed by atoms with Crippen LogP contribution in [0.1, 0.15) is 11.7 Å². The maximum atomic E-state index is 5.84. The van der Waals surface area contributed by atoms with Crippen molar-refractivity contribution in [3.63, 3.8) is 0 Å². The first-order chi connectivity index (χ1) is 8.76. The molecule has 1 aromatic heterocycles. The minimum Gasteiger partial charge on any atom is -0.481 e. The fourth-order valence-electron chi connectivity index (χ4n) is 2.36. The molecule has 2 rings (SSSR count). The summed E-state index contributed by atoms with van der Waals surface area (Å²) in [6.45, 7) is 2.50. The third-order valence-corrected chi connectivity index (χ3v) is 3.27. The second kappa shape index (κ2) is 6.13. The first-order valence-corrected chi connectivity index (χ1v) is 6.23. The number of rotatable bonds is 4. The molecular formula is C13H21N3O2. The van der Waals surface area contributed by atoms with E-state index < -0.39 is 0 Å². The Morgan fingerprint density at radius 1 is 1.56 bits per heavy atom. The average molecular weight is 251 g/mol. The molecule has 2 unspecified atom stereocenters. The molecule has 0 spiro atoms. The van der Waals surface area contributed by atoms with Crippen molar-refractivity contribution in [2.45, 2.75) is 12.1 Å². The first-order valence-electron chi connectivity index (χ1n) is 6.23. The van der Waals surface area contributed by atoms with Gasteiger partial charge >= 0.3 is 0 Å². The van der Waals surface area contributed by atoms with Crippen molar-refractivity contribution in [1.82, 2.24) is 15.2 Å². The van der Waals surface area contributed by atoms with Gasteiger partial charge in [0.2, 0.25) is 5.88 Å². The number of morpholine rings is 1. The molecule has 0 amide bonds. The Hall–Kier alpha value is -1.17. The Balaban J connectivity index is 2.24. The number of pyridine rings is 1. The predicted octanol–water partition coefficient (Wildman–Crippen LogP) is 0.681. The quantitative estimate of drug-likeness (QED) is 0.852. The minimum atomic E-state index is 0.119. The molecule has 1 saturated heterocycles. The Kier molecular flexibility index (Phi) is 4.52. The lowest BCUT2D eigenvalue weighted by Gasteiger charge is -2.38. The lowest BCUT2D eigenvalue weighted by atomic mass is 10.0. The van der Waals surface area contributed by atoms with Gasteiger partial charge in [0.25, 0.3) is 0 Å². The van der Waals surface area contributed by atoms with Gasteiger partial charge in [-0.2, -0.15) is 0 Å². The van der Waals surface area contributed by atoms with Crippen LogP contribution in [0.3, 0.4) is 0 Å². The number of hydrogen-bond acceptors (Lipinski definition) is 5. The standard InChI is InChI=1S/C13H21N3O2/c1-14-9-11-13(16(2)7-8-18-11)10-5-4-6-12(15-10)17-3/h4-6,11,13-14H,7-9H2,1-3H3. The van der Waals surface area contributed by atoms with Gasteiger partial charge in [0.1, 0.15) is 0 Å². The van der Waals surface area contributed by atoms with Crippen molar-refractivity contribution < 1.29 is 9.47 Å². The van der Waals surface area contributed by atoms with Gasteiger partial charge in [-0.05, 0) is 20.2 Å². The van der Waals surface area contributed by atoms with E-state index in [4.69, 9.17) is 9.47 Å². The van der Waals surface area contributed by atoms with Crippen molar-refractivity contribution in [3.05, 3.63) is 23.9 Å². The Bertz CT molecular complexity index is 384. The largest absolute Gasteiger partial charge is 0.481 e. The van der Waals surface area contributed by atoms with E-state index in [9.17, 15) is 0 Å². The maximum Gasteiger partial charge on any atom is 0.213 e. The fourth-order valence-corrected chi connectivity index (χ4v) is 2.36. The highest BCUT2D eigenvalue weighted by atomic mass is 16.5. The Morgan fingerprint density at radius 2 is 2.39 bits per heavy atom. The number of methoxy groups -OCH3 is 1. The normalized spacial score (nSPS) is 25.1. The van der Waals surface area contributed by atoms with Gasteiger partial charge < -0.3 is 14.8 Å². The molecule has 5 heteroatoms. The van der Waals surface area contributed by atoms with Crippen molar-refractivity contribution in [2.75, 3.05) is 40.9 Å². The highest BCUT2D eigenvalue weighted by Crippen LogP contribution is 2.27. The summed E-state index contributed by atoms with van der Waals surface area (Å²) in [5.74, 6) is 0.648. The zero-order valence-corrected chi connectivity index (χ0v) is 11.2. The summed E-state index contributed by atoms with van der Waals surface area (Å²) in [6, 6.07) is 6.03. The first kappa shape index (κ1) is 13.3. The van der Waals surface area contributed by atoms with Crippen LogP contribution in [0.2, 0.25) is 0 Å². The summed E-state index contributed by atoms with van der Waals surface area (Å²) >= 11 is 0. The third-order valence-electron chi connectivity index (χ3n) is 3.27. The Labute approximate surface area is 108 Å². The second-order valence-corrected chi connectivity index (χ2v) is 4.50. The van der Waals surface area contributed by atoms with Crippen molar-refractivity contribution >= 4 is 0 Å². The van der Waals surface area contributed by atoms with E-state index in [-0.39, 0.29) is 12.1 Å². The Morgan fingerprint density at radius 3 is 3.11 bits per heavy atom. The lowest BCUT2D eigenvalue weighted by Crippen LogP contribution is -2.47. The van der Waals surface area contributed by atoms with Gasteiger partial charge in [-0.25, -0.2) is 4.98 Å². The second-order valence-electron chi connectivity index (χ2n) is 4.50. The van der Waals surface area contributed by atoms with E-state index in [1.54, 1.807) is 7.11 Å². The molecule has 1 N–H and O–H groups in total. The van der Waals surface area contributed by atoms with Crippen LogP contribution in [0.25, 0.3) is 0 Å². The molecule has 100 valence electrons.